The number of aromatic nitrogens is 1. The summed E-state index contributed by atoms with van der Waals surface area (Å²) < 4.78 is 16.0. The van der Waals surface area contributed by atoms with Crippen LogP contribution in [0.15, 0.2) is 36.5 Å². The van der Waals surface area contributed by atoms with Crippen LogP contribution < -0.4 is 14.2 Å². The van der Waals surface area contributed by atoms with Crippen molar-refractivity contribution in [1.29, 1.82) is 5.26 Å². The molecule has 1 aromatic carbocycles. The van der Waals surface area contributed by atoms with Crippen molar-refractivity contribution in [3.05, 3.63) is 47.7 Å². The first-order chi connectivity index (χ1) is 14.0. The molecule has 1 heterocycles. The summed E-state index contributed by atoms with van der Waals surface area (Å²) in [6, 6.07) is 11.5. The van der Waals surface area contributed by atoms with Crippen LogP contribution in [-0.2, 0) is 6.54 Å². The lowest BCUT2D eigenvalue weighted by atomic mass is 10.0. The molecule has 1 N–H and O–H groups in total. The Kier molecular flexibility index (Phi) is 6.57. The minimum atomic E-state index is -0.729. The molecule has 0 spiro atoms. The van der Waals surface area contributed by atoms with E-state index >= 15 is 0 Å². The first-order valence-electron chi connectivity index (χ1n) is 9.56. The normalized spacial score (nSPS) is 15.4. The highest BCUT2D eigenvalue weighted by molar-refractivity contribution is 5.41. The first kappa shape index (κ1) is 20.9. The highest BCUT2D eigenvalue weighted by atomic mass is 16.5. The molecule has 2 aromatic rings. The van der Waals surface area contributed by atoms with E-state index in [0.29, 0.717) is 25.4 Å². The summed E-state index contributed by atoms with van der Waals surface area (Å²) in [4.78, 5) is 6.29. The van der Waals surface area contributed by atoms with Crippen LogP contribution in [0.4, 0.5) is 0 Å². The number of rotatable bonds is 10. The second kappa shape index (κ2) is 9.12. The topological polar surface area (TPSA) is 87.8 Å². The summed E-state index contributed by atoms with van der Waals surface area (Å²) in [5, 5.41) is 20.2. The van der Waals surface area contributed by atoms with Gasteiger partial charge in [-0.3, -0.25) is 4.90 Å². The van der Waals surface area contributed by atoms with Crippen LogP contribution in [-0.4, -0.2) is 48.4 Å². The van der Waals surface area contributed by atoms with Crippen LogP contribution in [0, 0.1) is 11.3 Å². The van der Waals surface area contributed by atoms with Crippen molar-refractivity contribution in [2.75, 3.05) is 27.9 Å². The van der Waals surface area contributed by atoms with Crippen LogP contribution >= 0.6 is 0 Å². The molecule has 0 bridgehead atoms. The Bertz CT molecular complexity index is 877. The van der Waals surface area contributed by atoms with Crippen LogP contribution in [0.3, 0.4) is 0 Å². The average molecular weight is 397 g/mol. The van der Waals surface area contributed by atoms with Crippen molar-refractivity contribution in [3.63, 3.8) is 0 Å². The summed E-state index contributed by atoms with van der Waals surface area (Å²) in [7, 11) is 4.79. The summed E-state index contributed by atoms with van der Waals surface area (Å²) >= 11 is 0. The quantitative estimate of drug-likeness (QED) is 0.659. The van der Waals surface area contributed by atoms with E-state index in [1.807, 2.05) is 18.2 Å². The molecule has 0 saturated heterocycles. The largest absolute Gasteiger partial charge is 0.497 e. The summed E-state index contributed by atoms with van der Waals surface area (Å²) in [5.74, 6) is 1.91. The molecule has 3 rings (SSSR count). The lowest BCUT2D eigenvalue weighted by molar-refractivity contribution is 0.0721. The standard InChI is InChI=1S/C22H27N3O4/c1-27-18-5-4-17(20(13-18)28-2)14-25(22(7-8-22)9-10-23)15-19(26)16-6-11-24-21(12-16)29-3/h4-6,11-13,19,26H,7-9,14-15H2,1-3H3. The maximum atomic E-state index is 10.9. The monoisotopic (exact) mass is 397 g/mol. The summed E-state index contributed by atoms with van der Waals surface area (Å²) in [6.07, 6.45) is 3.19. The third-order valence-corrected chi connectivity index (χ3v) is 5.51. The van der Waals surface area contributed by atoms with Gasteiger partial charge in [0.25, 0.3) is 0 Å². The molecular weight excluding hydrogens is 370 g/mol. The molecule has 1 aliphatic carbocycles. The fourth-order valence-corrected chi connectivity index (χ4v) is 3.57. The third-order valence-electron chi connectivity index (χ3n) is 5.51. The average Bonchev–Trinajstić information content (AvgIpc) is 3.54. The molecule has 0 radical (unpaired) electrons. The number of hydrogen-bond donors (Lipinski definition) is 1. The number of hydrogen-bond acceptors (Lipinski definition) is 7. The number of nitrogens with zero attached hydrogens (tertiary/aromatic N) is 3. The van der Waals surface area contributed by atoms with Gasteiger partial charge in [0.05, 0.1) is 39.9 Å². The van der Waals surface area contributed by atoms with Crippen LogP contribution in [0.1, 0.15) is 36.5 Å². The van der Waals surface area contributed by atoms with E-state index < -0.39 is 6.10 Å². The number of methoxy groups -OCH3 is 3. The van der Waals surface area contributed by atoms with Gasteiger partial charge in [-0.2, -0.15) is 5.26 Å². The van der Waals surface area contributed by atoms with Gasteiger partial charge in [-0.25, -0.2) is 4.98 Å². The molecule has 0 amide bonds. The van der Waals surface area contributed by atoms with Gasteiger partial charge in [0, 0.05) is 42.5 Å². The fraction of sp³-hybridized carbons (Fsp3) is 0.455. The number of pyridine rings is 1. The van der Waals surface area contributed by atoms with E-state index in [9.17, 15) is 10.4 Å². The predicted octanol–water partition coefficient (Wildman–Crippen LogP) is 3.09. The lowest BCUT2D eigenvalue weighted by Crippen LogP contribution is -2.39. The molecule has 1 unspecified atom stereocenters. The summed E-state index contributed by atoms with van der Waals surface area (Å²) in [6.45, 7) is 0.957. The van der Waals surface area contributed by atoms with E-state index in [4.69, 9.17) is 14.2 Å². The second-order valence-corrected chi connectivity index (χ2v) is 7.26. The van der Waals surface area contributed by atoms with Gasteiger partial charge >= 0.3 is 0 Å². The minimum Gasteiger partial charge on any atom is -0.497 e. The Labute approximate surface area is 171 Å². The van der Waals surface area contributed by atoms with Crippen molar-refractivity contribution in [2.24, 2.45) is 0 Å². The third kappa shape index (κ3) is 4.78. The zero-order valence-corrected chi connectivity index (χ0v) is 17.1. The molecule has 1 aromatic heterocycles. The number of benzene rings is 1. The van der Waals surface area contributed by atoms with Gasteiger partial charge in [0.15, 0.2) is 0 Å². The maximum Gasteiger partial charge on any atom is 0.213 e. The van der Waals surface area contributed by atoms with E-state index in [2.05, 4.69) is 16.0 Å². The highest BCUT2D eigenvalue weighted by Crippen LogP contribution is 2.46. The lowest BCUT2D eigenvalue weighted by Gasteiger charge is -2.33. The van der Waals surface area contributed by atoms with E-state index in [1.54, 1.807) is 39.7 Å². The SMILES string of the molecule is COc1ccc(CN(CC(O)c2ccnc(OC)c2)C2(CC#N)CC2)c(OC)c1. The van der Waals surface area contributed by atoms with Gasteiger partial charge in [-0.15, -0.1) is 0 Å². The Morgan fingerprint density at radius 1 is 1.17 bits per heavy atom. The smallest absolute Gasteiger partial charge is 0.213 e. The molecular formula is C22H27N3O4. The molecule has 29 heavy (non-hydrogen) atoms. The Hall–Kier alpha value is -2.82. The van der Waals surface area contributed by atoms with Gasteiger partial charge in [0.1, 0.15) is 11.5 Å². The number of β-amino-alcohol motifs (C(OH)–C–C–N with tert-alkyl or cyclic N) is 1. The fourth-order valence-electron chi connectivity index (χ4n) is 3.57. The van der Waals surface area contributed by atoms with Crippen LogP contribution in [0.2, 0.25) is 0 Å². The number of aliphatic hydroxyl groups excluding tert-OH is 1. The maximum absolute atomic E-state index is 10.9. The zero-order chi connectivity index (χ0) is 20.9. The molecule has 1 saturated carbocycles. The Balaban J connectivity index is 1.85. The molecule has 7 nitrogen and oxygen atoms in total. The van der Waals surface area contributed by atoms with Crippen molar-refractivity contribution in [3.8, 4) is 23.4 Å². The number of aliphatic hydroxyl groups is 1. The van der Waals surface area contributed by atoms with Crippen molar-refractivity contribution in [2.45, 2.75) is 37.5 Å². The molecule has 1 aliphatic rings. The van der Waals surface area contributed by atoms with Gasteiger partial charge in [-0.05, 0) is 30.5 Å². The molecule has 7 heteroatoms. The Morgan fingerprint density at radius 3 is 2.59 bits per heavy atom. The van der Waals surface area contributed by atoms with Crippen molar-refractivity contribution >= 4 is 0 Å². The van der Waals surface area contributed by atoms with Crippen LogP contribution in [0.25, 0.3) is 0 Å². The molecule has 154 valence electrons. The van der Waals surface area contributed by atoms with Crippen LogP contribution in [0.5, 0.6) is 17.4 Å². The van der Waals surface area contributed by atoms with Crippen molar-refractivity contribution in [1.82, 2.24) is 9.88 Å². The van der Waals surface area contributed by atoms with Gasteiger partial charge in [0.2, 0.25) is 5.88 Å². The first-order valence-corrected chi connectivity index (χ1v) is 9.56. The van der Waals surface area contributed by atoms with E-state index in [0.717, 1.165) is 35.5 Å². The molecule has 1 fully saturated rings. The predicted molar refractivity (Wildman–Crippen MR) is 108 cm³/mol. The Morgan fingerprint density at radius 2 is 1.97 bits per heavy atom. The minimum absolute atomic E-state index is 0.211. The van der Waals surface area contributed by atoms with E-state index in [-0.39, 0.29) is 5.54 Å². The zero-order valence-electron chi connectivity index (χ0n) is 17.1. The van der Waals surface area contributed by atoms with Gasteiger partial charge < -0.3 is 19.3 Å². The number of ether oxygens (including phenoxy) is 3. The molecule has 0 aliphatic heterocycles. The highest BCUT2D eigenvalue weighted by Gasteiger charge is 2.48. The van der Waals surface area contributed by atoms with Gasteiger partial charge in [-0.1, -0.05) is 6.07 Å². The number of nitriles is 1. The summed E-state index contributed by atoms with van der Waals surface area (Å²) in [5.41, 5.74) is 1.51. The van der Waals surface area contributed by atoms with Crippen molar-refractivity contribution < 1.29 is 19.3 Å². The van der Waals surface area contributed by atoms with E-state index in [1.165, 1.54) is 0 Å². The second-order valence-electron chi connectivity index (χ2n) is 7.26. The molecule has 1 atom stereocenters.